The Morgan fingerprint density at radius 2 is 1.84 bits per heavy atom. The first-order valence-corrected chi connectivity index (χ1v) is 13.4. The van der Waals surface area contributed by atoms with E-state index in [0.717, 1.165) is 19.4 Å². The molecule has 4 unspecified atom stereocenters. The van der Waals surface area contributed by atoms with Gasteiger partial charge in [0.1, 0.15) is 0 Å². The summed E-state index contributed by atoms with van der Waals surface area (Å²) < 4.78 is 4.89. The highest BCUT2D eigenvalue weighted by atomic mass is 16.5. The minimum absolute atomic E-state index is 0.0847. The molecule has 0 saturated heterocycles. The standard InChI is InChI=1S/C27H48N2O3/c1-17(5-8-24(31)32-4)20-6-7-21-25-22(10-12-27(20,21)3)26(2)11-9-19(29-14-13-28)15-18(26)16-23(25)30/h17-23,25,29-30H,5-16,28H2,1-4H3/t17?,18-,19+,20+,21?,22?,23+,25?,26-,27+/m0/s1. The van der Waals surface area contributed by atoms with Crippen molar-refractivity contribution in [3.8, 4) is 0 Å². The molecule has 4 N–H and O–H groups in total. The maximum absolute atomic E-state index is 11.7. The topological polar surface area (TPSA) is 84.6 Å². The van der Waals surface area contributed by atoms with Crippen LogP contribution in [0.15, 0.2) is 0 Å². The lowest BCUT2D eigenvalue weighted by molar-refractivity contribution is -0.167. The van der Waals surface area contributed by atoms with E-state index in [1.165, 1.54) is 52.1 Å². The van der Waals surface area contributed by atoms with Crippen molar-refractivity contribution in [3.63, 3.8) is 0 Å². The number of nitrogens with two attached hydrogens (primary N) is 1. The van der Waals surface area contributed by atoms with Gasteiger partial charge >= 0.3 is 5.97 Å². The quantitative estimate of drug-likeness (QED) is 0.510. The molecule has 0 radical (unpaired) electrons. The highest BCUT2D eigenvalue weighted by Crippen LogP contribution is 2.68. The summed E-state index contributed by atoms with van der Waals surface area (Å²) in [7, 11) is 1.49. The number of ether oxygens (including phenoxy) is 1. The van der Waals surface area contributed by atoms with Crippen LogP contribution in [0.3, 0.4) is 0 Å². The van der Waals surface area contributed by atoms with Gasteiger partial charge in [0.05, 0.1) is 13.2 Å². The molecule has 0 spiro atoms. The summed E-state index contributed by atoms with van der Waals surface area (Å²) in [4.78, 5) is 11.7. The van der Waals surface area contributed by atoms with E-state index >= 15 is 0 Å². The molecule has 0 aliphatic heterocycles. The third-order valence-corrected chi connectivity index (χ3v) is 11.1. The predicted molar refractivity (Wildman–Crippen MR) is 128 cm³/mol. The summed E-state index contributed by atoms with van der Waals surface area (Å²) in [5.41, 5.74) is 6.40. The normalized spacial score (nSPS) is 46.6. The van der Waals surface area contributed by atoms with Crippen molar-refractivity contribution in [2.45, 2.75) is 97.1 Å². The average molecular weight is 449 g/mol. The molecule has 5 heteroatoms. The first kappa shape index (κ1) is 24.5. The van der Waals surface area contributed by atoms with Crippen molar-refractivity contribution in [2.24, 2.45) is 52.1 Å². The largest absolute Gasteiger partial charge is 0.469 e. The Bertz CT molecular complexity index is 671. The molecule has 4 rings (SSSR count). The zero-order valence-electron chi connectivity index (χ0n) is 20.9. The van der Waals surface area contributed by atoms with Crippen LogP contribution in [0.25, 0.3) is 0 Å². The summed E-state index contributed by atoms with van der Waals surface area (Å²) in [6, 6.07) is 0.570. The molecule has 0 amide bonds. The van der Waals surface area contributed by atoms with Gasteiger partial charge in [0, 0.05) is 25.6 Å². The molecule has 4 fully saturated rings. The molecule has 184 valence electrons. The molecule has 0 aromatic heterocycles. The van der Waals surface area contributed by atoms with E-state index in [0.29, 0.717) is 65.3 Å². The van der Waals surface area contributed by atoms with Gasteiger partial charge in [-0.1, -0.05) is 20.8 Å². The van der Waals surface area contributed by atoms with Crippen LogP contribution in [-0.4, -0.2) is 43.4 Å². The van der Waals surface area contributed by atoms with Gasteiger partial charge < -0.3 is 20.9 Å². The second-order valence-electron chi connectivity index (χ2n) is 12.3. The second-order valence-corrected chi connectivity index (χ2v) is 12.3. The van der Waals surface area contributed by atoms with Crippen molar-refractivity contribution < 1.29 is 14.6 Å². The van der Waals surface area contributed by atoms with Crippen LogP contribution in [-0.2, 0) is 9.53 Å². The summed E-state index contributed by atoms with van der Waals surface area (Å²) in [5, 5.41) is 15.2. The number of carbonyl (C=O) groups excluding carboxylic acids is 1. The van der Waals surface area contributed by atoms with Crippen LogP contribution in [0.2, 0.25) is 0 Å². The van der Waals surface area contributed by atoms with Crippen molar-refractivity contribution in [1.29, 1.82) is 0 Å². The highest BCUT2D eigenvalue weighted by molar-refractivity contribution is 5.69. The molecule has 4 aliphatic carbocycles. The molecule has 0 bridgehead atoms. The molecule has 0 aromatic carbocycles. The molecule has 5 nitrogen and oxygen atoms in total. The number of fused-ring (bicyclic) bond motifs is 5. The number of rotatable bonds is 7. The fourth-order valence-electron chi connectivity index (χ4n) is 9.32. The molecule has 0 heterocycles. The number of methoxy groups -OCH3 is 1. The third kappa shape index (κ3) is 4.15. The van der Waals surface area contributed by atoms with Gasteiger partial charge in [0.15, 0.2) is 0 Å². The molecular formula is C27H48N2O3. The maximum atomic E-state index is 11.7. The molecule has 32 heavy (non-hydrogen) atoms. The maximum Gasteiger partial charge on any atom is 0.305 e. The Hall–Kier alpha value is -0.650. The molecule has 10 atom stereocenters. The third-order valence-electron chi connectivity index (χ3n) is 11.1. The van der Waals surface area contributed by atoms with Gasteiger partial charge in [-0.3, -0.25) is 4.79 Å². The summed E-state index contributed by atoms with van der Waals surface area (Å²) in [6.45, 7) is 9.03. The first-order chi connectivity index (χ1) is 15.2. The lowest BCUT2D eigenvalue weighted by Crippen LogP contribution is -2.59. The number of hydrogen-bond acceptors (Lipinski definition) is 5. The SMILES string of the molecule is COC(=O)CCC(C)[C@H]1CCC2C3C(CC[C@@]21C)[C@@]1(C)CC[C@@H](NCCN)C[C@H]1C[C@H]3O. The minimum atomic E-state index is -0.153. The zero-order chi connectivity index (χ0) is 23.1. The lowest BCUT2D eigenvalue weighted by atomic mass is 9.43. The van der Waals surface area contributed by atoms with Crippen LogP contribution in [0.1, 0.15) is 85.0 Å². The predicted octanol–water partition coefficient (Wildman–Crippen LogP) is 4.12. The molecule has 0 aromatic rings. The Labute approximate surface area is 195 Å². The van der Waals surface area contributed by atoms with Crippen LogP contribution in [0, 0.1) is 46.3 Å². The Balaban J connectivity index is 1.48. The van der Waals surface area contributed by atoms with Crippen LogP contribution >= 0.6 is 0 Å². The Morgan fingerprint density at radius 3 is 2.56 bits per heavy atom. The molecular weight excluding hydrogens is 400 g/mol. The number of aliphatic hydroxyl groups excluding tert-OH is 1. The van der Waals surface area contributed by atoms with Crippen LogP contribution < -0.4 is 11.1 Å². The van der Waals surface area contributed by atoms with E-state index in [2.05, 4.69) is 26.1 Å². The van der Waals surface area contributed by atoms with E-state index < -0.39 is 0 Å². The number of aliphatic hydroxyl groups is 1. The van der Waals surface area contributed by atoms with Gasteiger partial charge in [-0.05, 0) is 104 Å². The van der Waals surface area contributed by atoms with E-state index in [1.54, 1.807) is 0 Å². The van der Waals surface area contributed by atoms with E-state index in [9.17, 15) is 9.90 Å². The van der Waals surface area contributed by atoms with Crippen LogP contribution in [0.5, 0.6) is 0 Å². The van der Waals surface area contributed by atoms with Gasteiger partial charge in [0.2, 0.25) is 0 Å². The van der Waals surface area contributed by atoms with E-state index in [-0.39, 0.29) is 12.1 Å². The van der Waals surface area contributed by atoms with Crippen molar-refractivity contribution in [1.82, 2.24) is 5.32 Å². The number of esters is 1. The average Bonchev–Trinajstić information content (AvgIpc) is 3.13. The smallest absolute Gasteiger partial charge is 0.305 e. The Kier molecular flexibility index (Phi) is 7.30. The molecule has 4 aliphatic rings. The van der Waals surface area contributed by atoms with Crippen molar-refractivity contribution >= 4 is 5.97 Å². The Morgan fingerprint density at radius 1 is 1.12 bits per heavy atom. The first-order valence-electron chi connectivity index (χ1n) is 13.4. The zero-order valence-corrected chi connectivity index (χ0v) is 20.9. The summed E-state index contributed by atoms with van der Waals surface area (Å²) >= 11 is 0. The fourth-order valence-corrected chi connectivity index (χ4v) is 9.32. The van der Waals surface area contributed by atoms with Gasteiger partial charge in [-0.2, -0.15) is 0 Å². The summed E-state index contributed by atoms with van der Waals surface area (Å²) in [5.74, 6) is 3.49. The fraction of sp³-hybridized carbons (Fsp3) is 0.963. The minimum Gasteiger partial charge on any atom is -0.469 e. The number of carbonyl (C=O) groups is 1. The van der Waals surface area contributed by atoms with E-state index in [4.69, 9.17) is 10.5 Å². The van der Waals surface area contributed by atoms with Gasteiger partial charge in [-0.15, -0.1) is 0 Å². The lowest BCUT2D eigenvalue weighted by Gasteiger charge is -2.62. The van der Waals surface area contributed by atoms with E-state index in [1.807, 2.05) is 0 Å². The summed E-state index contributed by atoms with van der Waals surface area (Å²) in [6.07, 6.45) is 11.1. The molecule has 4 saturated carbocycles. The van der Waals surface area contributed by atoms with Crippen LogP contribution in [0.4, 0.5) is 0 Å². The number of nitrogens with one attached hydrogen (secondary N) is 1. The van der Waals surface area contributed by atoms with Crippen molar-refractivity contribution in [3.05, 3.63) is 0 Å². The monoisotopic (exact) mass is 448 g/mol. The van der Waals surface area contributed by atoms with Crippen molar-refractivity contribution in [2.75, 3.05) is 20.2 Å². The highest BCUT2D eigenvalue weighted by Gasteiger charge is 2.62. The van der Waals surface area contributed by atoms with Gasteiger partial charge in [-0.25, -0.2) is 0 Å². The van der Waals surface area contributed by atoms with Gasteiger partial charge in [0.25, 0.3) is 0 Å². The number of hydrogen-bond donors (Lipinski definition) is 3. The second kappa shape index (κ2) is 9.54.